The molecule has 4 saturated carbocycles. The van der Waals surface area contributed by atoms with Crippen LogP contribution in [0.15, 0.2) is 23.2 Å². The summed E-state index contributed by atoms with van der Waals surface area (Å²) in [6.45, 7) is 1.77. The highest BCUT2D eigenvalue weighted by atomic mass is 32.2. The van der Waals surface area contributed by atoms with Gasteiger partial charge in [0.05, 0.1) is 16.1 Å². The van der Waals surface area contributed by atoms with Crippen LogP contribution in [0.2, 0.25) is 0 Å². The summed E-state index contributed by atoms with van der Waals surface area (Å²) < 4.78 is 0. The minimum atomic E-state index is -0.535. The molecule has 0 aromatic heterocycles. The van der Waals surface area contributed by atoms with Gasteiger partial charge in [-0.3, -0.25) is 24.7 Å². The summed E-state index contributed by atoms with van der Waals surface area (Å²) in [5, 5.41) is 16.7. The van der Waals surface area contributed by atoms with Crippen molar-refractivity contribution in [3.05, 3.63) is 33.9 Å². The summed E-state index contributed by atoms with van der Waals surface area (Å²) in [4.78, 5) is 40.6. The Morgan fingerprint density at radius 3 is 2.52 bits per heavy atom. The van der Waals surface area contributed by atoms with Crippen molar-refractivity contribution in [1.29, 1.82) is 0 Å². The van der Waals surface area contributed by atoms with Crippen LogP contribution in [-0.4, -0.2) is 32.7 Å². The number of non-ortho nitro benzene ring substituents is 1. The van der Waals surface area contributed by atoms with Gasteiger partial charge in [0.15, 0.2) is 5.17 Å². The molecule has 2 amide bonds. The summed E-state index contributed by atoms with van der Waals surface area (Å²) in [6.07, 6.45) is 7.37. The molecule has 8 nitrogen and oxygen atoms in total. The lowest BCUT2D eigenvalue weighted by Crippen LogP contribution is -2.50. The highest BCUT2D eigenvalue weighted by molar-refractivity contribution is 8.15. The fourth-order valence-electron chi connectivity index (χ4n) is 6.24. The fourth-order valence-corrected chi connectivity index (χ4v) is 7.31. The first-order chi connectivity index (χ1) is 14.8. The van der Waals surface area contributed by atoms with Crippen molar-refractivity contribution in [2.45, 2.75) is 62.7 Å². The smallest absolute Gasteiger partial charge is 0.271 e. The van der Waals surface area contributed by atoms with Crippen molar-refractivity contribution < 1.29 is 14.5 Å². The van der Waals surface area contributed by atoms with E-state index in [1.165, 1.54) is 43.2 Å². The van der Waals surface area contributed by atoms with Gasteiger partial charge in [0.25, 0.3) is 5.69 Å². The lowest BCUT2D eigenvalue weighted by Gasteiger charge is -2.55. The van der Waals surface area contributed by atoms with Gasteiger partial charge < -0.3 is 10.6 Å². The molecule has 5 aliphatic rings. The number of benzene rings is 1. The van der Waals surface area contributed by atoms with Crippen molar-refractivity contribution in [3.8, 4) is 0 Å². The van der Waals surface area contributed by atoms with Gasteiger partial charge in [-0.15, -0.1) is 0 Å². The molecule has 5 fully saturated rings. The van der Waals surface area contributed by atoms with E-state index in [0.717, 1.165) is 42.6 Å². The Balaban J connectivity index is 1.24. The molecule has 1 aliphatic heterocycles. The van der Waals surface area contributed by atoms with Crippen LogP contribution in [0, 0.1) is 34.8 Å². The number of hydrogen-bond acceptors (Lipinski definition) is 6. The zero-order valence-corrected chi connectivity index (χ0v) is 18.2. The molecule has 0 radical (unpaired) electrons. The third kappa shape index (κ3) is 4.07. The van der Waals surface area contributed by atoms with Crippen molar-refractivity contribution in [1.82, 2.24) is 5.32 Å². The number of thioether (sulfide) groups is 1. The van der Waals surface area contributed by atoms with Gasteiger partial charge in [-0.2, -0.15) is 0 Å². The fraction of sp³-hybridized carbons (Fsp3) is 0.591. The molecule has 4 bridgehead atoms. The number of nitrogens with zero attached hydrogens (tertiary/aromatic N) is 2. The molecule has 1 atom stereocenters. The van der Waals surface area contributed by atoms with Crippen LogP contribution in [0.1, 0.15) is 50.5 Å². The second kappa shape index (κ2) is 7.62. The number of rotatable bonds is 5. The van der Waals surface area contributed by atoms with Crippen LogP contribution in [0.25, 0.3) is 0 Å². The molecule has 1 unspecified atom stereocenters. The first kappa shape index (κ1) is 20.5. The van der Waals surface area contributed by atoms with E-state index in [0.29, 0.717) is 10.9 Å². The lowest BCUT2D eigenvalue weighted by molar-refractivity contribution is -0.384. The van der Waals surface area contributed by atoms with E-state index in [9.17, 15) is 19.7 Å². The normalized spacial score (nSPS) is 34.7. The number of carbonyl (C=O) groups excluding carboxylic acids is 2. The Hall–Kier alpha value is -2.42. The van der Waals surface area contributed by atoms with Crippen LogP contribution in [0.5, 0.6) is 0 Å². The van der Waals surface area contributed by atoms with E-state index in [4.69, 9.17) is 4.99 Å². The summed E-state index contributed by atoms with van der Waals surface area (Å²) >= 11 is 1.34. The van der Waals surface area contributed by atoms with Crippen LogP contribution in [0.4, 0.5) is 11.4 Å². The van der Waals surface area contributed by atoms with Gasteiger partial charge in [0, 0.05) is 18.6 Å². The first-order valence-electron chi connectivity index (χ1n) is 10.9. The van der Waals surface area contributed by atoms with Crippen molar-refractivity contribution in [2.24, 2.45) is 22.7 Å². The molecule has 1 aromatic carbocycles. The molecule has 9 heteroatoms. The van der Waals surface area contributed by atoms with Gasteiger partial charge in [-0.25, -0.2) is 0 Å². The van der Waals surface area contributed by atoms with Crippen LogP contribution in [-0.2, 0) is 9.59 Å². The molecule has 6 rings (SSSR count). The summed E-state index contributed by atoms with van der Waals surface area (Å²) in [5.41, 5.74) is 1.01. The second-order valence-corrected chi connectivity index (χ2v) is 10.9. The molecule has 1 saturated heterocycles. The number of aryl methyl sites for hydroxylation is 1. The quantitative estimate of drug-likeness (QED) is 0.532. The predicted molar refractivity (Wildman–Crippen MR) is 119 cm³/mol. The zero-order valence-electron chi connectivity index (χ0n) is 17.4. The maximum Gasteiger partial charge on any atom is 0.271 e. The maximum atomic E-state index is 12.5. The number of nitro groups is 1. The first-order valence-corrected chi connectivity index (χ1v) is 11.8. The van der Waals surface area contributed by atoms with Gasteiger partial charge in [0.2, 0.25) is 11.8 Å². The van der Waals surface area contributed by atoms with Gasteiger partial charge >= 0.3 is 0 Å². The molecule has 2 N–H and O–H groups in total. The Morgan fingerprint density at radius 1 is 1.26 bits per heavy atom. The molecular formula is C22H26N4O4S. The number of amidine groups is 1. The highest BCUT2D eigenvalue weighted by Crippen LogP contribution is 2.57. The van der Waals surface area contributed by atoms with Crippen LogP contribution in [0.3, 0.4) is 0 Å². The minimum absolute atomic E-state index is 0.00146. The number of carbonyl (C=O) groups is 2. The minimum Gasteiger partial charge on any atom is -0.326 e. The third-order valence-electron chi connectivity index (χ3n) is 7.20. The Bertz CT molecular complexity index is 956. The number of nitrogens with one attached hydrogen (secondary N) is 2. The van der Waals surface area contributed by atoms with Crippen LogP contribution < -0.4 is 10.6 Å². The largest absolute Gasteiger partial charge is 0.326 e. The average molecular weight is 443 g/mol. The molecule has 0 spiro atoms. The van der Waals surface area contributed by atoms with Crippen LogP contribution >= 0.6 is 11.8 Å². The molecule has 1 heterocycles. The number of hydrogen-bond donors (Lipinski definition) is 2. The summed E-state index contributed by atoms with van der Waals surface area (Å²) in [5.74, 6) is 1.79. The van der Waals surface area contributed by atoms with Crippen molar-refractivity contribution in [2.75, 3.05) is 5.32 Å². The van der Waals surface area contributed by atoms with E-state index >= 15 is 0 Å². The molecule has 31 heavy (non-hydrogen) atoms. The summed E-state index contributed by atoms with van der Waals surface area (Å²) in [7, 11) is 0. The number of amides is 2. The third-order valence-corrected chi connectivity index (χ3v) is 8.28. The van der Waals surface area contributed by atoms with Gasteiger partial charge in [-0.1, -0.05) is 17.8 Å². The Morgan fingerprint density at radius 2 is 1.90 bits per heavy atom. The maximum absolute atomic E-state index is 12.5. The Kier molecular flexibility index (Phi) is 5.03. The topological polar surface area (TPSA) is 114 Å². The van der Waals surface area contributed by atoms with Gasteiger partial charge in [-0.05, 0) is 68.8 Å². The van der Waals surface area contributed by atoms with Crippen molar-refractivity contribution >= 4 is 40.1 Å². The summed E-state index contributed by atoms with van der Waals surface area (Å²) in [6, 6.07) is 4.34. The SMILES string of the molecule is Cc1ccc([N+](=O)[O-])cc1NC(=O)CC1SC(=NC23CC4CC(CC(C4)C2)C3)NC1=O. The Labute approximate surface area is 184 Å². The lowest BCUT2D eigenvalue weighted by atomic mass is 9.53. The van der Waals surface area contributed by atoms with E-state index in [2.05, 4.69) is 10.6 Å². The molecule has 1 aromatic rings. The van der Waals surface area contributed by atoms with E-state index in [1.807, 2.05) is 0 Å². The zero-order chi connectivity index (χ0) is 21.8. The second-order valence-electron chi connectivity index (χ2n) is 9.66. The average Bonchev–Trinajstić information content (AvgIpc) is 3.00. The predicted octanol–water partition coefficient (Wildman–Crippen LogP) is 3.79. The molecular weight excluding hydrogens is 416 g/mol. The standard InChI is InChI=1S/C22H26N4O4S/c1-12-2-3-16(26(29)30)7-17(12)23-19(27)8-18-20(28)24-21(31-18)25-22-9-13-4-14(10-22)6-15(5-13)11-22/h2-3,7,13-15,18H,4-6,8-11H2,1H3,(H,23,27)(H,24,25,28). The monoisotopic (exact) mass is 442 g/mol. The molecule has 164 valence electrons. The highest BCUT2D eigenvalue weighted by Gasteiger charge is 2.51. The van der Waals surface area contributed by atoms with E-state index in [-0.39, 0.29) is 29.5 Å². The number of nitro benzene ring substituents is 1. The van der Waals surface area contributed by atoms with Crippen molar-refractivity contribution in [3.63, 3.8) is 0 Å². The van der Waals surface area contributed by atoms with E-state index < -0.39 is 10.2 Å². The molecule has 4 aliphatic carbocycles. The number of aliphatic imine (C=N–C) groups is 1. The van der Waals surface area contributed by atoms with E-state index in [1.54, 1.807) is 13.0 Å². The number of anilines is 1. The van der Waals surface area contributed by atoms with Gasteiger partial charge in [0.1, 0.15) is 5.25 Å².